The van der Waals surface area contributed by atoms with Crippen LogP contribution in [0.3, 0.4) is 0 Å². The molecular weight excluding hydrogens is 334 g/mol. The molecule has 2 N–H and O–H groups in total. The Morgan fingerprint density at radius 3 is 1.85 bits per heavy atom. The molecule has 0 unspecified atom stereocenters. The number of nitrogens with two attached hydrogens (primary N) is 1. The highest BCUT2D eigenvalue weighted by Gasteiger charge is 2.11. The molecule has 0 saturated carbocycles. The molecule has 0 amide bonds. The highest BCUT2D eigenvalue weighted by Crippen LogP contribution is 2.31. The molecule has 3 rings (SSSR count). The van der Waals surface area contributed by atoms with Crippen LogP contribution in [-0.2, 0) is 0 Å². The van der Waals surface area contributed by atoms with Crippen LogP contribution < -0.4 is 15.2 Å². The number of benzene rings is 2. The molecule has 1 aliphatic rings. The summed E-state index contributed by atoms with van der Waals surface area (Å²) in [4.78, 5) is 0. The van der Waals surface area contributed by atoms with Gasteiger partial charge in [0.2, 0.25) is 6.79 Å². The molecule has 154 valence electrons. The summed E-state index contributed by atoms with van der Waals surface area (Å²) in [5.41, 5.74) is 7.66. The summed E-state index contributed by atoms with van der Waals surface area (Å²) in [5, 5.41) is 0. The molecule has 1 aliphatic heterocycles. The van der Waals surface area contributed by atoms with E-state index in [1.807, 2.05) is 43.3 Å². The molecule has 0 spiro atoms. The topological polar surface area (TPSA) is 44.5 Å². The number of hydrogen-bond acceptors (Lipinski definition) is 3. The quantitative estimate of drug-likeness (QED) is 0.630. The van der Waals surface area contributed by atoms with Gasteiger partial charge in [-0.1, -0.05) is 83.5 Å². The number of aryl methyl sites for hydroxylation is 2. The Morgan fingerprint density at radius 1 is 0.889 bits per heavy atom. The molecule has 2 aromatic carbocycles. The predicted octanol–water partition coefficient (Wildman–Crippen LogP) is 6.76. The van der Waals surface area contributed by atoms with Crippen molar-refractivity contribution in [1.29, 1.82) is 0 Å². The van der Waals surface area contributed by atoms with Crippen LogP contribution in [0, 0.1) is 19.8 Å². The van der Waals surface area contributed by atoms with Gasteiger partial charge in [0.05, 0.1) is 0 Å². The van der Waals surface area contributed by atoms with Gasteiger partial charge in [0.1, 0.15) is 0 Å². The zero-order chi connectivity index (χ0) is 19.8. The Morgan fingerprint density at radius 2 is 1.44 bits per heavy atom. The van der Waals surface area contributed by atoms with Crippen LogP contribution in [0.25, 0.3) is 0 Å². The van der Waals surface area contributed by atoms with Gasteiger partial charge in [0.25, 0.3) is 0 Å². The minimum absolute atomic E-state index is 0. The fraction of sp³-hybridized carbons (Fsp3) is 0.500. The SMILES string of the molecule is C.CC(C)C.CCCCN.Cc1ccc2c(c1)OCO2.Cc1ccccc1. The van der Waals surface area contributed by atoms with E-state index in [0.717, 1.165) is 24.0 Å². The van der Waals surface area contributed by atoms with Crippen molar-refractivity contribution in [2.24, 2.45) is 11.7 Å². The third kappa shape index (κ3) is 15.9. The summed E-state index contributed by atoms with van der Waals surface area (Å²) >= 11 is 0. The average Bonchev–Trinajstić information content (AvgIpc) is 3.04. The number of rotatable bonds is 2. The maximum absolute atomic E-state index is 5.16. The van der Waals surface area contributed by atoms with Gasteiger partial charge >= 0.3 is 0 Å². The first-order valence-electron chi connectivity index (χ1n) is 9.48. The Kier molecular flexibility index (Phi) is 17.6. The van der Waals surface area contributed by atoms with Gasteiger partial charge in [-0.3, -0.25) is 0 Å². The van der Waals surface area contributed by atoms with Crippen LogP contribution in [0.1, 0.15) is 59.1 Å². The molecule has 2 aromatic rings. The van der Waals surface area contributed by atoms with E-state index in [1.54, 1.807) is 0 Å². The van der Waals surface area contributed by atoms with Gasteiger partial charge in [-0.15, -0.1) is 0 Å². The fourth-order valence-corrected chi connectivity index (χ4v) is 1.74. The smallest absolute Gasteiger partial charge is 0.231 e. The lowest BCUT2D eigenvalue weighted by Gasteiger charge is -1.94. The summed E-state index contributed by atoms with van der Waals surface area (Å²) in [5.74, 6) is 2.55. The van der Waals surface area contributed by atoms with Gasteiger partial charge < -0.3 is 15.2 Å². The zero-order valence-corrected chi connectivity index (χ0v) is 17.4. The van der Waals surface area contributed by atoms with Gasteiger partial charge in [-0.25, -0.2) is 0 Å². The molecule has 0 aliphatic carbocycles. The second kappa shape index (κ2) is 17.4. The van der Waals surface area contributed by atoms with E-state index in [0.29, 0.717) is 6.79 Å². The largest absolute Gasteiger partial charge is 0.454 e. The summed E-state index contributed by atoms with van der Waals surface area (Å²) in [6.45, 7) is 13.9. The molecule has 0 fully saturated rings. The van der Waals surface area contributed by atoms with E-state index in [4.69, 9.17) is 15.2 Å². The minimum Gasteiger partial charge on any atom is -0.454 e. The van der Waals surface area contributed by atoms with E-state index < -0.39 is 0 Å². The Labute approximate surface area is 167 Å². The second-order valence-corrected chi connectivity index (χ2v) is 6.89. The maximum Gasteiger partial charge on any atom is 0.231 e. The molecule has 0 aromatic heterocycles. The highest BCUT2D eigenvalue weighted by atomic mass is 16.7. The number of ether oxygens (including phenoxy) is 2. The lowest BCUT2D eigenvalue weighted by atomic mass is 10.2. The minimum atomic E-state index is 0. The van der Waals surface area contributed by atoms with Gasteiger partial charge in [0, 0.05) is 0 Å². The average molecular weight is 376 g/mol. The molecule has 0 radical (unpaired) electrons. The normalized spacial score (nSPS) is 10.2. The van der Waals surface area contributed by atoms with Crippen LogP contribution in [0.15, 0.2) is 48.5 Å². The number of unbranched alkanes of at least 4 members (excludes halogenated alkanes) is 1. The van der Waals surface area contributed by atoms with Crippen molar-refractivity contribution in [2.45, 2.75) is 61.8 Å². The summed E-state index contributed by atoms with van der Waals surface area (Å²) in [6, 6.07) is 16.2. The third-order valence-corrected chi connectivity index (χ3v) is 3.03. The lowest BCUT2D eigenvalue weighted by Crippen LogP contribution is -1.95. The van der Waals surface area contributed by atoms with Crippen LogP contribution >= 0.6 is 0 Å². The van der Waals surface area contributed by atoms with Gasteiger partial charge in [-0.2, -0.15) is 0 Å². The van der Waals surface area contributed by atoms with Gasteiger partial charge in [0.15, 0.2) is 11.5 Å². The molecular formula is C24H41NO2. The molecule has 1 heterocycles. The fourth-order valence-electron chi connectivity index (χ4n) is 1.74. The predicted molar refractivity (Wildman–Crippen MR) is 120 cm³/mol. The number of fused-ring (bicyclic) bond motifs is 1. The summed E-state index contributed by atoms with van der Waals surface area (Å²) in [6.07, 6.45) is 2.39. The van der Waals surface area contributed by atoms with Gasteiger partial charge in [-0.05, 0) is 50.4 Å². The monoisotopic (exact) mass is 375 g/mol. The molecule has 27 heavy (non-hydrogen) atoms. The standard InChI is InChI=1S/C8H8O2.C7H8.C4H11N.C4H10.CH4/c1-6-2-3-7-8(4-6)10-5-9-7;1-7-5-3-2-4-6-7;1-2-3-4-5;1-4(2)3;/h2-4H,5H2,1H3;2-6H,1H3;2-5H2,1H3;4H,1-3H3;1H4. The maximum atomic E-state index is 5.16. The van der Waals surface area contributed by atoms with Crippen LogP contribution in [-0.4, -0.2) is 13.3 Å². The van der Waals surface area contributed by atoms with Crippen molar-refractivity contribution in [2.75, 3.05) is 13.3 Å². The molecule has 3 nitrogen and oxygen atoms in total. The number of hydrogen-bond donors (Lipinski definition) is 1. The van der Waals surface area contributed by atoms with Crippen molar-refractivity contribution in [3.8, 4) is 11.5 Å². The van der Waals surface area contributed by atoms with Crippen LogP contribution in [0.2, 0.25) is 0 Å². The van der Waals surface area contributed by atoms with E-state index in [9.17, 15) is 0 Å². The Balaban J connectivity index is 0. The third-order valence-electron chi connectivity index (χ3n) is 3.03. The van der Waals surface area contributed by atoms with Crippen molar-refractivity contribution in [3.05, 3.63) is 59.7 Å². The summed E-state index contributed by atoms with van der Waals surface area (Å²) in [7, 11) is 0. The first kappa shape index (κ1) is 27.2. The van der Waals surface area contributed by atoms with E-state index in [2.05, 4.69) is 46.8 Å². The first-order chi connectivity index (χ1) is 12.4. The van der Waals surface area contributed by atoms with Crippen molar-refractivity contribution >= 4 is 0 Å². The Hall–Kier alpha value is -2.00. The van der Waals surface area contributed by atoms with E-state index in [1.165, 1.54) is 24.0 Å². The van der Waals surface area contributed by atoms with Crippen LogP contribution in [0.5, 0.6) is 11.5 Å². The highest BCUT2D eigenvalue weighted by molar-refractivity contribution is 5.43. The van der Waals surface area contributed by atoms with Crippen LogP contribution in [0.4, 0.5) is 0 Å². The molecule has 0 bridgehead atoms. The van der Waals surface area contributed by atoms with Crippen molar-refractivity contribution in [1.82, 2.24) is 0 Å². The zero-order valence-electron chi connectivity index (χ0n) is 17.4. The molecule has 0 atom stereocenters. The van der Waals surface area contributed by atoms with E-state index >= 15 is 0 Å². The lowest BCUT2D eigenvalue weighted by molar-refractivity contribution is 0.174. The Bertz CT molecular complexity index is 563. The summed E-state index contributed by atoms with van der Waals surface area (Å²) < 4.78 is 10.3. The van der Waals surface area contributed by atoms with Crippen molar-refractivity contribution in [3.63, 3.8) is 0 Å². The molecule has 0 saturated heterocycles. The molecule has 3 heteroatoms. The second-order valence-electron chi connectivity index (χ2n) is 6.89. The van der Waals surface area contributed by atoms with E-state index in [-0.39, 0.29) is 7.43 Å². The van der Waals surface area contributed by atoms with Crippen molar-refractivity contribution < 1.29 is 9.47 Å². The first-order valence-corrected chi connectivity index (χ1v) is 9.48.